The van der Waals surface area contributed by atoms with E-state index < -0.39 is 0 Å². The van der Waals surface area contributed by atoms with Crippen LogP contribution in [0.5, 0.6) is 0 Å². The van der Waals surface area contributed by atoms with Gasteiger partial charge in [0, 0.05) is 5.75 Å². The Morgan fingerprint density at radius 2 is 2.50 bits per heavy atom. The first-order chi connectivity index (χ1) is 2.91. The van der Waals surface area contributed by atoms with Crippen molar-refractivity contribution in [2.45, 2.75) is 6.92 Å². The molecular weight excluding hydrogens is 112 g/mol. The third-order valence-electron chi connectivity index (χ3n) is 0.400. The van der Waals surface area contributed by atoms with E-state index in [-0.39, 0.29) is 0 Å². The maximum absolute atomic E-state index is 4.58. The highest BCUT2D eigenvalue weighted by atomic mass is 33.1. The fourth-order valence-corrected chi connectivity index (χ4v) is 0.642. The van der Waals surface area contributed by atoms with Crippen LogP contribution >= 0.6 is 22.5 Å². The van der Waals surface area contributed by atoms with Crippen LogP contribution in [0.4, 0.5) is 0 Å². The smallest absolute Gasteiger partial charge is 0.0226 e. The standard InChI is InChI=1S/C4H7S2/c1-2-3-4-6-5/h2-3H,4H2,1H3/b3-2+. The Kier molecular flexibility index (Phi) is 5.84. The maximum atomic E-state index is 4.58. The highest BCUT2D eigenvalue weighted by molar-refractivity contribution is 8.68. The van der Waals surface area contributed by atoms with Gasteiger partial charge < -0.3 is 0 Å². The lowest BCUT2D eigenvalue weighted by Gasteiger charge is -1.74. The molecule has 0 aromatic rings. The highest BCUT2D eigenvalue weighted by Crippen LogP contribution is 2.02. The fraction of sp³-hybridized carbons (Fsp3) is 0.500. The molecule has 0 spiro atoms. The van der Waals surface area contributed by atoms with E-state index >= 15 is 0 Å². The normalized spacial score (nSPS) is 10.3. The van der Waals surface area contributed by atoms with Crippen molar-refractivity contribution in [1.29, 1.82) is 0 Å². The minimum atomic E-state index is 0.964. The van der Waals surface area contributed by atoms with E-state index in [2.05, 4.69) is 11.7 Å². The van der Waals surface area contributed by atoms with Gasteiger partial charge in [0.25, 0.3) is 0 Å². The zero-order valence-corrected chi connectivity index (χ0v) is 5.31. The Balaban J connectivity index is 2.66. The molecule has 0 unspecified atom stereocenters. The molecule has 0 amide bonds. The van der Waals surface area contributed by atoms with Crippen molar-refractivity contribution in [3.63, 3.8) is 0 Å². The molecule has 0 aliphatic heterocycles. The number of allylic oxidation sites excluding steroid dienone is 1. The lowest BCUT2D eigenvalue weighted by Crippen LogP contribution is -1.56. The second kappa shape index (κ2) is 5.44. The quantitative estimate of drug-likeness (QED) is 0.397. The van der Waals surface area contributed by atoms with Crippen LogP contribution in [0.15, 0.2) is 12.2 Å². The topological polar surface area (TPSA) is 0 Å². The van der Waals surface area contributed by atoms with Gasteiger partial charge in [-0.3, -0.25) is 0 Å². The molecule has 0 heterocycles. The molecule has 0 rings (SSSR count). The van der Waals surface area contributed by atoms with Gasteiger partial charge >= 0.3 is 0 Å². The molecule has 0 nitrogen and oxygen atoms in total. The summed E-state index contributed by atoms with van der Waals surface area (Å²) >= 11 is 4.58. The van der Waals surface area contributed by atoms with Gasteiger partial charge in [-0.15, -0.1) is 0 Å². The second-order valence-electron chi connectivity index (χ2n) is 0.854. The zero-order chi connectivity index (χ0) is 4.83. The Labute approximate surface area is 47.8 Å². The molecule has 0 bridgehead atoms. The monoisotopic (exact) mass is 119 g/mol. The molecule has 2 heteroatoms. The molecule has 6 heavy (non-hydrogen) atoms. The third kappa shape index (κ3) is 4.44. The molecule has 35 valence electrons. The predicted octanol–water partition coefficient (Wildman–Crippen LogP) is 2.41. The van der Waals surface area contributed by atoms with Crippen molar-refractivity contribution >= 4 is 22.5 Å². The zero-order valence-electron chi connectivity index (χ0n) is 3.68. The molecule has 0 fully saturated rings. The van der Waals surface area contributed by atoms with Gasteiger partial charge in [0.1, 0.15) is 0 Å². The average Bonchev–Trinajstić information content (AvgIpc) is 1.61. The minimum absolute atomic E-state index is 0.964. The van der Waals surface area contributed by atoms with E-state index in [1.165, 1.54) is 10.8 Å². The van der Waals surface area contributed by atoms with Gasteiger partial charge in [0.15, 0.2) is 0 Å². The van der Waals surface area contributed by atoms with Crippen molar-refractivity contribution in [2.24, 2.45) is 0 Å². The van der Waals surface area contributed by atoms with Crippen molar-refractivity contribution in [2.75, 3.05) is 5.75 Å². The summed E-state index contributed by atoms with van der Waals surface area (Å²) in [6, 6.07) is 0. The van der Waals surface area contributed by atoms with Crippen molar-refractivity contribution in [3.05, 3.63) is 12.2 Å². The van der Waals surface area contributed by atoms with E-state index in [1.807, 2.05) is 19.1 Å². The third-order valence-corrected chi connectivity index (χ3v) is 1.14. The van der Waals surface area contributed by atoms with Crippen LogP contribution in [0.25, 0.3) is 0 Å². The van der Waals surface area contributed by atoms with Gasteiger partial charge in [0.05, 0.1) is 0 Å². The Morgan fingerprint density at radius 3 is 2.67 bits per heavy atom. The number of hydrogen-bond donors (Lipinski definition) is 0. The van der Waals surface area contributed by atoms with Crippen LogP contribution in [-0.2, 0) is 0 Å². The largest absolute Gasteiger partial charge is 0.0908 e. The lowest BCUT2D eigenvalue weighted by molar-refractivity contribution is 1.66. The highest BCUT2D eigenvalue weighted by Gasteiger charge is 1.66. The van der Waals surface area contributed by atoms with E-state index in [0.717, 1.165) is 5.75 Å². The number of rotatable bonds is 2. The second-order valence-corrected chi connectivity index (χ2v) is 2.13. The summed E-state index contributed by atoms with van der Waals surface area (Å²) in [4.78, 5) is 0. The molecule has 1 radical (unpaired) electrons. The lowest BCUT2D eigenvalue weighted by atomic mass is 10.6. The molecule has 0 saturated heterocycles. The molecule has 0 aromatic heterocycles. The summed E-state index contributed by atoms with van der Waals surface area (Å²) in [7, 11) is 1.42. The van der Waals surface area contributed by atoms with Crippen molar-refractivity contribution in [1.82, 2.24) is 0 Å². The van der Waals surface area contributed by atoms with Crippen LogP contribution in [0.2, 0.25) is 0 Å². The van der Waals surface area contributed by atoms with Crippen LogP contribution in [0, 0.1) is 0 Å². The first-order valence-electron chi connectivity index (χ1n) is 1.77. The van der Waals surface area contributed by atoms with Crippen molar-refractivity contribution in [3.8, 4) is 0 Å². The van der Waals surface area contributed by atoms with E-state index in [9.17, 15) is 0 Å². The maximum Gasteiger partial charge on any atom is 0.0226 e. The van der Waals surface area contributed by atoms with Gasteiger partial charge in [-0.2, -0.15) is 0 Å². The molecule has 0 aliphatic rings. The van der Waals surface area contributed by atoms with E-state index in [1.54, 1.807) is 0 Å². The Hall–Kier alpha value is 0.440. The summed E-state index contributed by atoms with van der Waals surface area (Å²) < 4.78 is 0. The first kappa shape index (κ1) is 6.44. The first-order valence-corrected chi connectivity index (χ1v) is 3.68. The Bertz CT molecular complexity index is 40.8. The van der Waals surface area contributed by atoms with Crippen LogP contribution in [0.1, 0.15) is 6.92 Å². The van der Waals surface area contributed by atoms with E-state index in [4.69, 9.17) is 0 Å². The molecule has 0 saturated carbocycles. The van der Waals surface area contributed by atoms with Gasteiger partial charge in [-0.1, -0.05) is 22.9 Å². The Morgan fingerprint density at radius 1 is 1.83 bits per heavy atom. The summed E-state index contributed by atoms with van der Waals surface area (Å²) in [5.74, 6) is 0.964. The van der Waals surface area contributed by atoms with E-state index in [0.29, 0.717) is 0 Å². The predicted molar refractivity (Wildman–Crippen MR) is 34.9 cm³/mol. The average molecular weight is 119 g/mol. The van der Waals surface area contributed by atoms with Gasteiger partial charge in [0.2, 0.25) is 0 Å². The van der Waals surface area contributed by atoms with Crippen molar-refractivity contribution < 1.29 is 0 Å². The van der Waals surface area contributed by atoms with Gasteiger partial charge in [-0.25, -0.2) is 0 Å². The van der Waals surface area contributed by atoms with Crippen LogP contribution in [0.3, 0.4) is 0 Å². The molecule has 0 N–H and O–H groups in total. The number of hydrogen-bond acceptors (Lipinski definition) is 1. The minimum Gasteiger partial charge on any atom is -0.0908 e. The molecular formula is C4H7S2. The summed E-state index contributed by atoms with van der Waals surface area (Å²) in [5, 5.41) is 0. The summed E-state index contributed by atoms with van der Waals surface area (Å²) in [5.41, 5.74) is 0. The molecule has 0 aromatic carbocycles. The van der Waals surface area contributed by atoms with Crippen LogP contribution < -0.4 is 0 Å². The molecule has 0 aliphatic carbocycles. The van der Waals surface area contributed by atoms with Gasteiger partial charge in [-0.05, 0) is 18.6 Å². The van der Waals surface area contributed by atoms with Crippen LogP contribution in [-0.4, -0.2) is 5.75 Å². The molecule has 0 atom stereocenters. The summed E-state index contributed by atoms with van der Waals surface area (Å²) in [6.45, 7) is 1.99. The fourth-order valence-electron chi connectivity index (χ4n) is 0.136. The SMILES string of the molecule is C/C=C/CS[S]. The summed E-state index contributed by atoms with van der Waals surface area (Å²) in [6.07, 6.45) is 4.04.